The predicted molar refractivity (Wildman–Crippen MR) is 140 cm³/mol. The molecule has 0 radical (unpaired) electrons. The monoisotopic (exact) mass is 481 g/mol. The van der Waals surface area contributed by atoms with E-state index in [2.05, 4.69) is 35.7 Å². The highest BCUT2D eigenvalue weighted by molar-refractivity contribution is 7.91. The molecule has 1 heterocycles. The minimum absolute atomic E-state index is 0.122. The first-order chi connectivity index (χ1) is 16.3. The first-order valence-electron chi connectivity index (χ1n) is 12.0. The lowest BCUT2D eigenvalue weighted by Crippen LogP contribution is -2.17. The number of hydrogen-bond donors (Lipinski definition) is 0. The third-order valence-electron chi connectivity index (χ3n) is 5.96. The summed E-state index contributed by atoms with van der Waals surface area (Å²) >= 11 is 0. The van der Waals surface area contributed by atoms with Crippen LogP contribution in [0.5, 0.6) is 0 Å². The molecule has 0 unspecified atom stereocenters. The molecule has 5 nitrogen and oxygen atoms in total. The van der Waals surface area contributed by atoms with E-state index >= 15 is 0 Å². The van der Waals surface area contributed by atoms with Gasteiger partial charge < -0.3 is 9.64 Å². The average Bonchev–Trinajstić information content (AvgIpc) is 3.37. The van der Waals surface area contributed by atoms with Crippen LogP contribution >= 0.6 is 0 Å². The van der Waals surface area contributed by atoms with Crippen LogP contribution in [0.1, 0.15) is 56.6 Å². The van der Waals surface area contributed by atoms with Gasteiger partial charge in [0.2, 0.25) is 0 Å². The summed E-state index contributed by atoms with van der Waals surface area (Å²) in [7, 11) is -3.30. The molecule has 1 aliphatic heterocycles. The maximum Gasteiger partial charge on any atom is 0.333 e. The molecule has 1 saturated heterocycles. The van der Waals surface area contributed by atoms with Gasteiger partial charge in [0.1, 0.15) is 0 Å². The van der Waals surface area contributed by atoms with Crippen LogP contribution in [-0.2, 0) is 19.4 Å². The molecule has 1 aliphatic rings. The Morgan fingerprint density at radius 2 is 1.47 bits per heavy atom. The second kappa shape index (κ2) is 12.6. The van der Waals surface area contributed by atoms with Crippen molar-refractivity contribution < 1.29 is 17.9 Å². The highest BCUT2D eigenvalue weighted by atomic mass is 32.2. The summed E-state index contributed by atoms with van der Waals surface area (Å²) in [5.41, 5.74) is 3.75. The fraction of sp³-hybridized carbons (Fsp3) is 0.393. The van der Waals surface area contributed by atoms with Gasteiger partial charge in [0.05, 0.1) is 17.3 Å². The van der Waals surface area contributed by atoms with Crippen LogP contribution < -0.4 is 4.90 Å². The van der Waals surface area contributed by atoms with E-state index in [1.807, 2.05) is 24.3 Å². The second-order valence-corrected chi connectivity index (χ2v) is 10.9. The lowest BCUT2D eigenvalue weighted by molar-refractivity contribution is -0.139. The number of unbranched alkanes of at least 4 members (excludes halogenated alkanes) is 3. The molecule has 0 N–H and O–H groups in total. The number of nitrogens with zero attached hydrogens (tertiary/aromatic N) is 1. The number of anilines is 1. The van der Waals surface area contributed by atoms with Gasteiger partial charge in [-0.2, -0.15) is 0 Å². The van der Waals surface area contributed by atoms with Gasteiger partial charge in [-0.1, -0.05) is 55.8 Å². The predicted octanol–water partition coefficient (Wildman–Crippen LogP) is 5.91. The van der Waals surface area contributed by atoms with Crippen molar-refractivity contribution in [1.29, 1.82) is 0 Å². The zero-order valence-electron chi connectivity index (χ0n) is 20.0. The van der Waals surface area contributed by atoms with Crippen molar-refractivity contribution in [3.8, 4) is 0 Å². The molecule has 2 aromatic rings. The fourth-order valence-corrected chi connectivity index (χ4v) is 5.27. The Balaban J connectivity index is 1.42. The molecule has 0 bridgehead atoms. The van der Waals surface area contributed by atoms with E-state index in [1.54, 1.807) is 19.1 Å². The van der Waals surface area contributed by atoms with E-state index in [4.69, 9.17) is 4.74 Å². The van der Waals surface area contributed by atoms with Gasteiger partial charge in [0.15, 0.2) is 9.84 Å². The largest absolute Gasteiger partial charge is 0.462 e. The molecule has 0 amide bonds. The molecule has 0 spiro atoms. The Labute approximate surface area is 204 Å². The van der Waals surface area contributed by atoms with Crippen LogP contribution in [0.25, 0.3) is 12.2 Å². The number of ether oxygens (including phenoxy) is 1. The summed E-state index contributed by atoms with van der Waals surface area (Å²) in [6, 6.07) is 15.6. The first kappa shape index (κ1) is 25.8. The smallest absolute Gasteiger partial charge is 0.333 e. The third kappa shape index (κ3) is 7.87. The lowest BCUT2D eigenvalue weighted by Gasteiger charge is -2.17. The number of rotatable bonds is 12. The van der Waals surface area contributed by atoms with Gasteiger partial charge in [-0.3, -0.25) is 0 Å². The summed E-state index contributed by atoms with van der Waals surface area (Å²) in [5.74, 6) is -0.256. The standard InChI is InChI=1S/C28H35NO4S/c1-23(2)28(30)33-21-7-3-4-8-22-34(31,32)27-17-13-25(14-18-27)10-9-24-11-15-26(16-12-24)29-19-5-6-20-29/h9-18H,1,3-8,19-22H2,2H3. The van der Waals surface area contributed by atoms with Gasteiger partial charge in [-0.15, -0.1) is 0 Å². The number of sulfone groups is 1. The first-order valence-corrected chi connectivity index (χ1v) is 13.7. The summed E-state index contributed by atoms with van der Waals surface area (Å²) in [6.07, 6.45) is 9.49. The second-order valence-electron chi connectivity index (χ2n) is 8.84. The molecule has 6 heteroatoms. The van der Waals surface area contributed by atoms with E-state index in [0.717, 1.165) is 43.5 Å². The van der Waals surface area contributed by atoms with Crippen molar-refractivity contribution in [3.63, 3.8) is 0 Å². The van der Waals surface area contributed by atoms with Crippen molar-refractivity contribution in [1.82, 2.24) is 0 Å². The van der Waals surface area contributed by atoms with Gasteiger partial charge in [-0.25, -0.2) is 13.2 Å². The van der Waals surface area contributed by atoms with Crippen LogP contribution in [-0.4, -0.2) is 39.8 Å². The molecule has 34 heavy (non-hydrogen) atoms. The number of carbonyl (C=O) groups is 1. The summed E-state index contributed by atoms with van der Waals surface area (Å²) in [4.78, 5) is 14.1. The van der Waals surface area contributed by atoms with Crippen molar-refractivity contribution in [2.24, 2.45) is 0 Å². The quantitative estimate of drug-likeness (QED) is 0.163. The van der Waals surface area contributed by atoms with Crippen molar-refractivity contribution >= 4 is 33.6 Å². The Kier molecular flexibility index (Phi) is 9.52. The van der Waals surface area contributed by atoms with Gasteiger partial charge >= 0.3 is 5.97 Å². The molecule has 3 rings (SSSR count). The molecule has 0 saturated carbocycles. The fourth-order valence-electron chi connectivity index (χ4n) is 3.90. The minimum atomic E-state index is -3.30. The Morgan fingerprint density at radius 1 is 0.912 bits per heavy atom. The number of carbonyl (C=O) groups excluding carboxylic acids is 1. The summed E-state index contributed by atoms with van der Waals surface area (Å²) in [6.45, 7) is 7.77. The molecule has 0 aromatic heterocycles. The zero-order chi connectivity index (χ0) is 24.4. The topological polar surface area (TPSA) is 63.7 Å². The SMILES string of the molecule is C=C(C)C(=O)OCCCCCCS(=O)(=O)c1ccc(C=Cc2ccc(N3CCCC3)cc2)cc1. The summed E-state index contributed by atoms with van der Waals surface area (Å²) in [5, 5.41) is 0. The molecule has 2 aromatic carbocycles. The highest BCUT2D eigenvalue weighted by Gasteiger charge is 2.14. The molecule has 0 atom stereocenters. The number of esters is 1. The van der Waals surface area contributed by atoms with Gasteiger partial charge in [0, 0.05) is 24.4 Å². The van der Waals surface area contributed by atoms with E-state index < -0.39 is 9.84 Å². The van der Waals surface area contributed by atoms with E-state index in [9.17, 15) is 13.2 Å². The van der Waals surface area contributed by atoms with Crippen molar-refractivity contribution in [2.45, 2.75) is 50.3 Å². The average molecular weight is 482 g/mol. The number of benzene rings is 2. The van der Waals surface area contributed by atoms with Gasteiger partial charge in [0.25, 0.3) is 0 Å². The summed E-state index contributed by atoms with van der Waals surface area (Å²) < 4.78 is 30.3. The van der Waals surface area contributed by atoms with Gasteiger partial charge in [-0.05, 0) is 68.0 Å². The van der Waals surface area contributed by atoms with Crippen LogP contribution in [0, 0.1) is 0 Å². The Morgan fingerprint density at radius 3 is 2.06 bits per heavy atom. The van der Waals surface area contributed by atoms with E-state index in [1.165, 1.54) is 18.5 Å². The van der Waals surface area contributed by atoms with Crippen molar-refractivity contribution in [2.75, 3.05) is 30.3 Å². The van der Waals surface area contributed by atoms with E-state index in [-0.39, 0.29) is 11.7 Å². The van der Waals surface area contributed by atoms with Crippen LogP contribution in [0.4, 0.5) is 5.69 Å². The Bertz CT molecular complexity index is 1080. The normalized spacial score (nSPS) is 14.0. The molecular formula is C28H35NO4S. The molecule has 0 aliphatic carbocycles. The van der Waals surface area contributed by atoms with Crippen LogP contribution in [0.15, 0.2) is 65.6 Å². The third-order valence-corrected chi connectivity index (χ3v) is 7.78. The highest BCUT2D eigenvalue weighted by Crippen LogP contribution is 2.21. The van der Waals surface area contributed by atoms with Crippen molar-refractivity contribution in [3.05, 3.63) is 71.8 Å². The molecular weight excluding hydrogens is 446 g/mol. The lowest BCUT2D eigenvalue weighted by atomic mass is 10.1. The van der Waals surface area contributed by atoms with E-state index in [0.29, 0.717) is 23.5 Å². The maximum absolute atomic E-state index is 12.6. The minimum Gasteiger partial charge on any atom is -0.462 e. The zero-order valence-corrected chi connectivity index (χ0v) is 20.9. The molecule has 1 fully saturated rings. The maximum atomic E-state index is 12.6. The molecule has 182 valence electrons. The van der Waals surface area contributed by atoms with Crippen LogP contribution in [0.2, 0.25) is 0 Å². The Hall–Kier alpha value is -2.86. The number of hydrogen-bond acceptors (Lipinski definition) is 5. The van der Waals surface area contributed by atoms with Crippen LogP contribution in [0.3, 0.4) is 0 Å².